The molecule has 0 aromatic heterocycles. The summed E-state index contributed by atoms with van der Waals surface area (Å²) < 4.78 is 22.1. The maximum atomic E-state index is 11.2. The molecule has 0 fully saturated rings. The van der Waals surface area contributed by atoms with Crippen LogP contribution in [0.1, 0.15) is 30.5 Å². The Labute approximate surface area is 194 Å². The summed E-state index contributed by atoms with van der Waals surface area (Å²) in [5, 5.41) is 9.19. The van der Waals surface area contributed by atoms with E-state index < -0.39 is 11.6 Å². The molecule has 0 spiro atoms. The normalized spacial score (nSPS) is 11.3. The minimum Gasteiger partial charge on any atom is -0.497 e. The Bertz CT molecular complexity index is 1100. The van der Waals surface area contributed by atoms with Crippen molar-refractivity contribution in [3.63, 3.8) is 0 Å². The zero-order valence-electron chi connectivity index (χ0n) is 19.2. The molecule has 3 aromatic rings. The second kappa shape index (κ2) is 10.6. The molecular weight excluding hydrogens is 420 g/mol. The summed E-state index contributed by atoms with van der Waals surface area (Å²) in [7, 11) is 3.26. The van der Waals surface area contributed by atoms with Crippen LogP contribution in [0.2, 0.25) is 0 Å². The van der Waals surface area contributed by atoms with Gasteiger partial charge in [-0.15, -0.1) is 0 Å². The summed E-state index contributed by atoms with van der Waals surface area (Å²) in [5.41, 5.74) is 1.62. The smallest absolute Gasteiger partial charge is 0.347 e. The molecule has 0 saturated carbocycles. The zero-order chi connectivity index (χ0) is 23.8. The number of hydrogen-bond acceptors (Lipinski definition) is 5. The Hall–Kier alpha value is -3.93. The first-order valence-electron chi connectivity index (χ1n) is 10.4. The van der Waals surface area contributed by atoms with Gasteiger partial charge in [0.05, 0.1) is 14.2 Å². The molecule has 1 N–H and O–H groups in total. The van der Waals surface area contributed by atoms with Crippen LogP contribution < -0.4 is 18.9 Å². The van der Waals surface area contributed by atoms with Gasteiger partial charge < -0.3 is 24.1 Å². The van der Waals surface area contributed by atoms with Crippen molar-refractivity contribution in [3.05, 3.63) is 83.4 Å². The van der Waals surface area contributed by atoms with Gasteiger partial charge in [0.2, 0.25) is 0 Å². The fourth-order valence-corrected chi connectivity index (χ4v) is 2.96. The lowest BCUT2D eigenvalue weighted by Gasteiger charge is -2.21. The van der Waals surface area contributed by atoms with Crippen LogP contribution in [0.15, 0.2) is 66.7 Å². The molecule has 6 nitrogen and oxygen atoms in total. The van der Waals surface area contributed by atoms with Crippen molar-refractivity contribution in [1.82, 2.24) is 0 Å². The Morgan fingerprint density at radius 2 is 1.36 bits per heavy atom. The monoisotopic (exact) mass is 448 g/mol. The third-order valence-electron chi connectivity index (χ3n) is 4.94. The maximum Gasteiger partial charge on any atom is 0.347 e. The van der Waals surface area contributed by atoms with Gasteiger partial charge in [0.15, 0.2) is 5.60 Å². The van der Waals surface area contributed by atoms with Gasteiger partial charge in [0.25, 0.3) is 0 Å². The zero-order valence-corrected chi connectivity index (χ0v) is 19.2. The topological polar surface area (TPSA) is 74.2 Å². The molecule has 0 saturated heterocycles. The second-order valence-corrected chi connectivity index (χ2v) is 7.90. The minimum absolute atomic E-state index is 0.345. The third kappa shape index (κ3) is 6.77. The largest absolute Gasteiger partial charge is 0.497 e. The van der Waals surface area contributed by atoms with Crippen LogP contribution in [0.3, 0.4) is 0 Å². The molecule has 0 unspecified atom stereocenters. The molecule has 0 amide bonds. The van der Waals surface area contributed by atoms with Gasteiger partial charge in [-0.25, -0.2) is 4.79 Å². The Morgan fingerprint density at radius 3 is 1.97 bits per heavy atom. The molecule has 0 aliphatic carbocycles. The van der Waals surface area contributed by atoms with Gasteiger partial charge in [-0.05, 0) is 66.9 Å². The van der Waals surface area contributed by atoms with Crippen molar-refractivity contribution in [2.75, 3.05) is 14.2 Å². The van der Waals surface area contributed by atoms with Crippen molar-refractivity contribution in [2.24, 2.45) is 0 Å². The molecule has 0 aliphatic rings. The van der Waals surface area contributed by atoms with E-state index in [-0.39, 0.29) is 0 Å². The highest BCUT2D eigenvalue weighted by atomic mass is 16.5. The van der Waals surface area contributed by atoms with Crippen LogP contribution >= 0.6 is 0 Å². The van der Waals surface area contributed by atoms with Crippen molar-refractivity contribution in [1.29, 1.82) is 0 Å². The molecule has 3 aromatic carbocycles. The van der Waals surface area contributed by atoms with Crippen molar-refractivity contribution >= 4 is 18.1 Å². The molecule has 0 bridgehead atoms. The molecule has 6 heteroatoms. The van der Waals surface area contributed by atoms with E-state index in [9.17, 15) is 9.90 Å². The predicted molar refractivity (Wildman–Crippen MR) is 128 cm³/mol. The lowest BCUT2D eigenvalue weighted by Crippen LogP contribution is -2.37. The van der Waals surface area contributed by atoms with E-state index in [0.29, 0.717) is 23.9 Å². The van der Waals surface area contributed by atoms with Gasteiger partial charge in [-0.3, -0.25) is 0 Å². The number of methoxy groups -OCH3 is 2. The number of aliphatic carboxylic acids is 1. The minimum atomic E-state index is -1.30. The SMILES string of the molecule is COc1ccc(/C=C/c2cc(OC)cc(OCc3ccc(OC(C)(C)C(=O)O)cc3)c2)cc1. The van der Waals surface area contributed by atoms with Gasteiger partial charge in [-0.1, -0.05) is 36.4 Å². The summed E-state index contributed by atoms with van der Waals surface area (Å²) >= 11 is 0. The van der Waals surface area contributed by atoms with Crippen LogP contribution in [0, 0.1) is 0 Å². The summed E-state index contributed by atoms with van der Waals surface area (Å²) in [6.45, 7) is 3.36. The van der Waals surface area contributed by atoms with Crippen LogP contribution in [-0.4, -0.2) is 30.9 Å². The Balaban J connectivity index is 1.67. The highest BCUT2D eigenvalue weighted by Crippen LogP contribution is 2.26. The molecule has 0 radical (unpaired) electrons. The number of benzene rings is 3. The first kappa shape index (κ1) is 23.7. The highest BCUT2D eigenvalue weighted by Gasteiger charge is 2.29. The highest BCUT2D eigenvalue weighted by molar-refractivity contribution is 5.76. The first-order valence-corrected chi connectivity index (χ1v) is 10.4. The van der Waals surface area contributed by atoms with Crippen LogP contribution in [0.25, 0.3) is 12.2 Å². The predicted octanol–water partition coefficient (Wildman–Crippen LogP) is 5.70. The van der Waals surface area contributed by atoms with Gasteiger partial charge >= 0.3 is 5.97 Å². The van der Waals surface area contributed by atoms with E-state index in [1.165, 1.54) is 13.8 Å². The lowest BCUT2D eigenvalue weighted by atomic mass is 10.1. The van der Waals surface area contributed by atoms with Crippen LogP contribution in [-0.2, 0) is 11.4 Å². The van der Waals surface area contributed by atoms with E-state index >= 15 is 0 Å². The molecule has 0 aliphatic heterocycles. The lowest BCUT2D eigenvalue weighted by molar-refractivity contribution is -0.152. The fraction of sp³-hybridized carbons (Fsp3) is 0.222. The maximum absolute atomic E-state index is 11.2. The quantitative estimate of drug-likeness (QED) is 0.401. The van der Waals surface area contributed by atoms with E-state index in [4.69, 9.17) is 18.9 Å². The van der Waals surface area contributed by atoms with E-state index in [1.807, 2.05) is 66.7 Å². The first-order chi connectivity index (χ1) is 15.8. The molecule has 0 atom stereocenters. The average Bonchev–Trinajstić information content (AvgIpc) is 2.82. The van der Waals surface area contributed by atoms with Crippen molar-refractivity contribution in [3.8, 4) is 23.0 Å². The van der Waals surface area contributed by atoms with Crippen LogP contribution in [0.5, 0.6) is 23.0 Å². The molecule has 172 valence electrons. The number of ether oxygens (including phenoxy) is 4. The van der Waals surface area contributed by atoms with Gasteiger partial charge in [0.1, 0.15) is 29.6 Å². The number of carboxylic acid groups (broad SMARTS) is 1. The summed E-state index contributed by atoms with van der Waals surface area (Å²) in [6.07, 6.45) is 4.00. The number of carbonyl (C=O) groups is 1. The van der Waals surface area contributed by atoms with E-state index in [1.54, 1.807) is 26.4 Å². The summed E-state index contributed by atoms with van der Waals surface area (Å²) in [5.74, 6) is 1.65. The third-order valence-corrected chi connectivity index (χ3v) is 4.94. The summed E-state index contributed by atoms with van der Waals surface area (Å²) in [6, 6.07) is 20.7. The van der Waals surface area contributed by atoms with E-state index in [0.717, 1.165) is 22.4 Å². The molecule has 0 heterocycles. The second-order valence-electron chi connectivity index (χ2n) is 7.90. The van der Waals surface area contributed by atoms with Gasteiger partial charge in [-0.2, -0.15) is 0 Å². The van der Waals surface area contributed by atoms with Gasteiger partial charge in [0, 0.05) is 6.07 Å². The van der Waals surface area contributed by atoms with Crippen LogP contribution in [0.4, 0.5) is 0 Å². The standard InChI is InChI=1S/C27H28O6/c1-27(2,26(28)29)33-23-13-9-20(10-14-23)18-32-25-16-21(15-24(17-25)31-4)6-5-19-7-11-22(30-3)12-8-19/h5-17H,18H2,1-4H3,(H,28,29)/b6-5+. The summed E-state index contributed by atoms with van der Waals surface area (Å²) in [4.78, 5) is 11.2. The number of carboxylic acids is 1. The molecule has 3 rings (SSSR count). The number of rotatable bonds is 10. The van der Waals surface area contributed by atoms with Crippen molar-refractivity contribution < 1.29 is 28.8 Å². The van der Waals surface area contributed by atoms with Crippen molar-refractivity contribution in [2.45, 2.75) is 26.1 Å². The number of hydrogen-bond donors (Lipinski definition) is 1. The Morgan fingerprint density at radius 1 is 0.788 bits per heavy atom. The average molecular weight is 449 g/mol. The molecular formula is C27H28O6. The fourth-order valence-electron chi connectivity index (χ4n) is 2.96. The molecule has 33 heavy (non-hydrogen) atoms. The Kier molecular flexibility index (Phi) is 7.61. The van der Waals surface area contributed by atoms with E-state index in [2.05, 4.69) is 0 Å².